The first-order valence-corrected chi connectivity index (χ1v) is 11.5. The number of alkyl halides is 6. The number of carboxylic acids is 2. The molecule has 0 aliphatic carbocycles. The van der Waals surface area contributed by atoms with Crippen LogP contribution in [-0.4, -0.2) is 83.6 Å². The third-order valence-electron chi connectivity index (χ3n) is 5.43. The second kappa shape index (κ2) is 12.6. The lowest BCUT2D eigenvalue weighted by molar-refractivity contribution is -0.193. The molecule has 4 heterocycles. The third-order valence-corrected chi connectivity index (χ3v) is 5.43. The van der Waals surface area contributed by atoms with Crippen LogP contribution in [0.1, 0.15) is 12.8 Å². The van der Waals surface area contributed by atoms with E-state index in [9.17, 15) is 26.3 Å². The standard InChI is InChI=1S/C18H20N8.2C2HF3O2/c1-2-4-14-13(3-1)23-11-26(14)17-15-16(22-10-21-15)24-18(25-17)20-9-12-5-7-19-8-6-12;2*3-2(4,5)1(6)7/h1-4,10-12,19H,5-9H2,(H2,20,21,22,24,25);2*(H,6,7). The Kier molecular flexibility index (Phi) is 9.46. The van der Waals surface area contributed by atoms with Gasteiger partial charge in [0.1, 0.15) is 6.33 Å². The predicted molar refractivity (Wildman–Crippen MR) is 128 cm³/mol. The number of nitrogens with zero attached hydrogens (tertiary/aromatic N) is 5. The summed E-state index contributed by atoms with van der Waals surface area (Å²) in [6.45, 7) is 3.05. The number of benzene rings is 1. The SMILES string of the molecule is O=C(O)C(F)(F)F.O=C(O)C(F)(F)F.c1ccc2c(c1)ncn2-c1nc(NCC2CCNCC2)nc2[nH]cnc12. The Bertz CT molecular complexity index is 1420. The van der Waals surface area contributed by atoms with Crippen molar-refractivity contribution in [3.8, 4) is 5.82 Å². The Morgan fingerprint density at radius 1 is 0.975 bits per heavy atom. The fourth-order valence-electron chi connectivity index (χ4n) is 3.52. The molecule has 0 radical (unpaired) electrons. The van der Waals surface area contributed by atoms with Crippen LogP contribution >= 0.6 is 0 Å². The van der Waals surface area contributed by atoms with Gasteiger partial charge in [-0.25, -0.2) is 19.6 Å². The van der Waals surface area contributed by atoms with Crippen LogP contribution in [-0.2, 0) is 9.59 Å². The van der Waals surface area contributed by atoms with E-state index in [1.165, 1.54) is 12.8 Å². The number of aromatic nitrogens is 6. The zero-order chi connectivity index (χ0) is 29.5. The molecule has 0 amide bonds. The molecule has 1 aromatic carbocycles. The van der Waals surface area contributed by atoms with Gasteiger partial charge in [0.25, 0.3) is 0 Å². The van der Waals surface area contributed by atoms with Crippen molar-refractivity contribution in [1.29, 1.82) is 0 Å². The number of aromatic amines is 1. The van der Waals surface area contributed by atoms with Gasteiger partial charge in [-0.05, 0) is 44.0 Å². The van der Waals surface area contributed by atoms with E-state index in [4.69, 9.17) is 24.8 Å². The summed E-state index contributed by atoms with van der Waals surface area (Å²) in [5.41, 5.74) is 3.39. The molecule has 1 aliphatic rings. The highest BCUT2D eigenvalue weighted by atomic mass is 19.4. The predicted octanol–water partition coefficient (Wildman–Crippen LogP) is 3.37. The molecule has 0 saturated carbocycles. The molecule has 1 aliphatic heterocycles. The second-order valence-electron chi connectivity index (χ2n) is 8.25. The van der Waals surface area contributed by atoms with E-state index in [1.54, 1.807) is 12.7 Å². The number of halogens is 6. The molecular formula is C22H22F6N8O4. The van der Waals surface area contributed by atoms with Gasteiger partial charge in [0, 0.05) is 6.54 Å². The molecule has 5 N–H and O–H groups in total. The van der Waals surface area contributed by atoms with Crippen LogP contribution in [0.3, 0.4) is 0 Å². The van der Waals surface area contributed by atoms with Crippen LogP contribution in [0.25, 0.3) is 28.0 Å². The summed E-state index contributed by atoms with van der Waals surface area (Å²) >= 11 is 0. The molecule has 216 valence electrons. The molecule has 1 saturated heterocycles. The van der Waals surface area contributed by atoms with Crippen LogP contribution in [0.15, 0.2) is 36.9 Å². The fraction of sp³-hybridized carbons (Fsp3) is 0.364. The Morgan fingerprint density at radius 3 is 2.17 bits per heavy atom. The number of fused-ring (bicyclic) bond motifs is 2. The zero-order valence-corrected chi connectivity index (χ0v) is 20.3. The average molecular weight is 576 g/mol. The van der Waals surface area contributed by atoms with Crippen molar-refractivity contribution in [3.05, 3.63) is 36.9 Å². The Hall–Kier alpha value is -4.48. The van der Waals surface area contributed by atoms with E-state index < -0.39 is 24.3 Å². The fourth-order valence-corrected chi connectivity index (χ4v) is 3.52. The van der Waals surface area contributed by atoms with Gasteiger partial charge in [-0.1, -0.05) is 12.1 Å². The van der Waals surface area contributed by atoms with Gasteiger partial charge in [-0.2, -0.15) is 36.3 Å². The van der Waals surface area contributed by atoms with Crippen LogP contribution in [0, 0.1) is 5.92 Å². The number of nitrogens with one attached hydrogen (secondary N) is 3. The summed E-state index contributed by atoms with van der Waals surface area (Å²) in [6, 6.07) is 8.01. The molecule has 0 spiro atoms. The quantitative estimate of drug-likeness (QED) is 0.227. The molecular weight excluding hydrogens is 554 g/mol. The number of carbonyl (C=O) groups is 2. The van der Waals surface area contributed by atoms with E-state index in [-0.39, 0.29) is 0 Å². The Labute approximate surface area is 220 Å². The van der Waals surface area contributed by atoms with E-state index in [2.05, 4.69) is 30.6 Å². The first-order chi connectivity index (χ1) is 18.8. The van der Waals surface area contributed by atoms with Crippen molar-refractivity contribution in [1.82, 2.24) is 34.8 Å². The molecule has 4 aromatic rings. The van der Waals surface area contributed by atoms with Gasteiger partial charge >= 0.3 is 24.3 Å². The summed E-state index contributed by atoms with van der Waals surface area (Å²) in [4.78, 5) is 39.1. The van der Waals surface area contributed by atoms with Crippen LogP contribution in [0.4, 0.5) is 32.3 Å². The van der Waals surface area contributed by atoms with Gasteiger partial charge in [0.2, 0.25) is 5.95 Å². The van der Waals surface area contributed by atoms with Crippen molar-refractivity contribution in [2.24, 2.45) is 5.92 Å². The van der Waals surface area contributed by atoms with E-state index in [0.29, 0.717) is 11.9 Å². The molecule has 0 bridgehead atoms. The number of aliphatic carboxylic acids is 2. The van der Waals surface area contributed by atoms with Crippen molar-refractivity contribution < 1.29 is 46.1 Å². The third kappa shape index (κ3) is 8.01. The highest BCUT2D eigenvalue weighted by Crippen LogP contribution is 2.23. The first kappa shape index (κ1) is 30.1. The maximum absolute atomic E-state index is 10.6. The summed E-state index contributed by atoms with van der Waals surface area (Å²) in [6.07, 6.45) is -4.37. The Morgan fingerprint density at radius 2 is 1.57 bits per heavy atom. The molecule has 18 heteroatoms. The molecule has 3 aromatic heterocycles. The lowest BCUT2D eigenvalue weighted by Crippen LogP contribution is -2.31. The molecule has 0 unspecified atom stereocenters. The van der Waals surface area contributed by atoms with Crippen LogP contribution in [0.2, 0.25) is 0 Å². The normalized spacial score (nSPS) is 14.2. The lowest BCUT2D eigenvalue weighted by atomic mass is 9.98. The topological polar surface area (TPSA) is 171 Å². The van der Waals surface area contributed by atoms with Crippen molar-refractivity contribution in [3.63, 3.8) is 0 Å². The van der Waals surface area contributed by atoms with E-state index >= 15 is 0 Å². The van der Waals surface area contributed by atoms with Crippen molar-refractivity contribution in [2.45, 2.75) is 25.2 Å². The minimum absolute atomic E-state index is 0.619. The summed E-state index contributed by atoms with van der Waals surface area (Å²) in [7, 11) is 0. The smallest absolute Gasteiger partial charge is 0.475 e. The molecule has 5 rings (SSSR count). The lowest BCUT2D eigenvalue weighted by Gasteiger charge is -2.22. The number of anilines is 1. The largest absolute Gasteiger partial charge is 0.490 e. The number of carboxylic acid groups (broad SMARTS) is 2. The number of rotatable bonds is 4. The van der Waals surface area contributed by atoms with Gasteiger partial charge in [0.15, 0.2) is 17.0 Å². The monoisotopic (exact) mass is 576 g/mol. The number of piperidine rings is 1. The Balaban J connectivity index is 0.000000263. The van der Waals surface area contributed by atoms with Gasteiger partial charge in [-0.15, -0.1) is 0 Å². The first-order valence-electron chi connectivity index (χ1n) is 11.5. The molecule has 12 nitrogen and oxygen atoms in total. The minimum Gasteiger partial charge on any atom is -0.475 e. The minimum atomic E-state index is -5.08. The number of hydrogen-bond donors (Lipinski definition) is 5. The van der Waals surface area contributed by atoms with Crippen LogP contribution < -0.4 is 10.6 Å². The second-order valence-corrected chi connectivity index (χ2v) is 8.25. The number of para-hydroxylation sites is 2. The number of imidazole rings is 2. The van der Waals surface area contributed by atoms with E-state index in [1.807, 2.05) is 28.8 Å². The van der Waals surface area contributed by atoms with Gasteiger partial charge in [0.05, 0.1) is 17.4 Å². The summed E-state index contributed by atoms with van der Waals surface area (Å²) in [5.74, 6) is -3.51. The van der Waals surface area contributed by atoms with Gasteiger partial charge in [-0.3, -0.25) is 4.57 Å². The van der Waals surface area contributed by atoms with Crippen molar-refractivity contribution >= 4 is 40.1 Å². The number of hydrogen-bond acceptors (Lipinski definition) is 8. The molecule has 1 fully saturated rings. The molecule has 40 heavy (non-hydrogen) atoms. The molecule has 0 atom stereocenters. The van der Waals surface area contributed by atoms with E-state index in [0.717, 1.165) is 47.6 Å². The highest BCUT2D eigenvalue weighted by Gasteiger charge is 2.38. The highest BCUT2D eigenvalue weighted by molar-refractivity contribution is 5.84. The maximum atomic E-state index is 10.6. The summed E-state index contributed by atoms with van der Waals surface area (Å²) in [5, 5.41) is 21.1. The van der Waals surface area contributed by atoms with Crippen LogP contribution in [0.5, 0.6) is 0 Å². The average Bonchev–Trinajstić information content (AvgIpc) is 3.54. The zero-order valence-electron chi connectivity index (χ0n) is 20.3. The summed E-state index contributed by atoms with van der Waals surface area (Å²) < 4.78 is 65.4. The number of H-pyrrole nitrogens is 1. The van der Waals surface area contributed by atoms with Gasteiger partial charge < -0.3 is 25.8 Å². The van der Waals surface area contributed by atoms with Crippen molar-refractivity contribution in [2.75, 3.05) is 25.0 Å². The maximum Gasteiger partial charge on any atom is 0.490 e.